The molecule has 0 fully saturated rings. The zero-order valence-electron chi connectivity index (χ0n) is 20.8. The average Bonchev–Trinajstić information content (AvgIpc) is 3.52. The number of aromatic nitrogens is 4. The summed E-state index contributed by atoms with van der Waals surface area (Å²) in [5, 5.41) is 0.659. The lowest BCUT2D eigenvalue weighted by Gasteiger charge is -2.34. The number of amides is 1. The third-order valence-corrected chi connectivity index (χ3v) is 6.39. The lowest BCUT2D eigenvalue weighted by Crippen LogP contribution is -2.41. The van der Waals surface area contributed by atoms with Crippen molar-refractivity contribution in [2.45, 2.75) is 39.4 Å². The molecule has 36 heavy (non-hydrogen) atoms. The molecule has 2 heterocycles. The molecule has 4 rings (SSSR count). The van der Waals surface area contributed by atoms with Gasteiger partial charge >= 0.3 is 0 Å². The zero-order valence-corrected chi connectivity index (χ0v) is 21.6. The Kier molecular flexibility index (Phi) is 8.57. The van der Waals surface area contributed by atoms with E-state index in [4.69, 9.17) is 22.3 Å². The van der Waals surface area contributed by atoms with Gasteiger partial charge in [-0.05, 0) is 36.6 Å². The molecule has 1 amide bonds. The van der Waals surface area contributed by atoms with Crippen molar-refractivity contribution in [3.63, 3.8) is 0 Å². The van der Waals surface area contributed by atoms with Crippen LogP contribution in [0.25, 0.3) is 11.3 Å². The fourth-order valence-electron chi connectivity index (χ4n) is 4.47. The van der Waals surface area contributed by atoms with Gasteiger partial charge in [0.2, 0.25) is 5.91 Å². The van der Waals surface area contributed by atoms with Gasteiger partial charge in [0.15, 0.2) is 0 Å². The number of hydrogen-bond donors (Lipinski definition) is 1. The number of rotatable bonds is 11. The van der Waals surface area contributed by atoms with E-state index in [-0.39, 0.29) is 24.4 Å². The van der Waals surface area contributed by atoms with Crippen LogP contribution in [0, 0.1) is 5.92 Å². The largest absolute Gasteiger partial charge is 0.331 e. The maximum atomic E-state index is 13.6. The van der Waals surface area contributed by atoms with Crippen LogP contribution in [0.3, 0.4) is 0 Å². The molecule has 0 saturated heterocycles. The molecule has 0 saturated carbocycles. The first-order chi connectivity index (χ1) is 17.5. The minimum atomic E-state index is -0.232. The van der Waals surface area contributed by atoms with E-state index < -0.39 is 0 Å². The first kappa shape index (κ1) is 25.7. The Labute approximate surface area is 217 Å². The molecule has 4 aromatic rings. The molecule has 0 unspecified atom stereocenters. The normalized spacial score (nSPS) is 12.1. The van der Waals surface area contributed by atoms with Gasteiger partial charge in [0.1, 0.15) is 12.4 Å². The molecule has 0 aliphatic rings. The SMILES string of the molecule is CC(C)[C@H](c1nc(-c2cccc(Cl)c2)cn1Cc1ccccc1)N(CCCN)C(=O)Cn1ccnc1. The van der Waals surface area contributed by atoms with Crippen LogP contribution in [-0.4, -0.2) is 43.0 Å². The molecule has 1 atom stereocenters. The van der Waals surface area contributed by atoms with Gasteiger partial charge in [0.25, 0.3) is 0 Å². The van der Waals surface area contributed by atoms with Crippen LogP contribution in [0.15, 0.2) is 79.5 Å². The number of nitrogens with zero attached hydrogens (tertiary/aromatic N) is 5. The van der Waals surface area contributed by atoms with Crippen molar-refractivity contribution in [3.8, 4) is 11.3 Å². The molecule has 2 N–H and O–H groups in total. The van der Waals surface area contributed by atoms with Crippen LogP contribution in [0.1, 0.15) is 37.7 Å². The first-order valence-electron chi connectivity index (χ1n) is 12.3. The summed E-state index contributed by atoms with van der Waals surface area (Å²) in [7, 11) is 0. The summed E-state index contributed by atoms with van der Waals surface area (Å²) < 4.78 is 3.96. The molecule has 8 heteroatoms. The number of carbonyl (C=O) groups excluding carboxylic acids is 1. The quantitative estimate of drug-likeness (QED) is 0.311. The second-order valence-electron chi connectivity index (χ2n) is 9.26. The van der Waals surface area contributed by atoms with Gasteiger partial charge in [-0.2, -0.15) is 0 Å². The Hall–Kier alpha value is -3.42. The molecule has 188 valence electrons. The van der Waals surface area contributed by atoms with Gasteiger partial charge in [-0.1, -0.05) is 67.9 Å². The summed E-state index contributed by atoms with van der Waals surface area (Å²) in [6, 6.07) is 17.8. The van der Waals surface area contributed by atoms with E-state index in [1.807, 2.05) is 47.4 Å². The van der Waals surface area contributed by atoms with Gasteiger partial charge in [-0.3, -0.25) is 4.79 Å². The monoisotopic (exact) mass is 504 g/mol. The highest BCUT2D eigenvalue weighted by Crippen LogP contribution is 2.32. The van der Waals surface area contributed by atoms with Crippen LogP contribution in [0.2, 0.25) is 5.02 Å². The smallest absolute Gasteiger partial charge is 0.243 e. The van der Waals surface area contributed by atoms with Gasteiger partial charge in [0, 0.05) is 42.3 Å². The van der Waals surface area contributed by atoms with Crippen molar-refractivity contribution < 1.29 is 4.79 Å². The van der Waals surface area contributed by atoms with E-state index in [2.05, 4.69) is 41.7 Å². The number of halogens is 1. The van der Waals surface area contributed by atoms with E-state index in [9.17, 15) is 4.79 Å². The van der Waals surface area contributed by atoms with Crippen molar-refractivity contribution in [2.75, 3.05) is 13.1 Å². The highest BCUT2D eigenvalue weighted by molar-refractivity contribution is 6.30. The van der Waals surface area contributed by atoms with Crippen LogP contribution >= 0.6 is 11.6 Å². The van der Waals surface area contributed by atoms with Crippen molar-refractivity contribution in [3.05, 3.63) is 95.9 Å². The Morgan fingerprint density at radius 3 is 2.61 bits per heavy atom. The minimum Gasteiger partial charge on any atom is -0.331 e. The van der Waals surface area contributed by atoms with Crippen LogP contribution < -0.4 is 5.73 Å². The molecule has 7 nitrogen and oxygen atoms in total. The molecule has 0 aliphatic carbocycles. The Morgan fingerprint density at radius 1 is 1.14 bits per heavy atom. The van der Waals surface area contributed by atoms with E-state index in [0.29, 0.717) is 31.1 Å². The molecule has 2 aromatic carbocycles. The van der Waals surface area contributed by atoms with Crippen LogP contribution in [0.4, 0.5) is 0 Å². The topological polar surface area (TPSA) is 82.0 Å². The highest BCUT2D eigenvalue weighted by Gasteiger charge is 2.32. The summed E-state index contributed by atoms with van der Waals surface area (Å²) in [6.45, 7) is 6.18. The summed E-state index contributed by atoms with van der Waals surface area (Å²) in [6.07, 6.45) is 7.92. The summed E-state index contributed by atoms with van der Waals surface area (Å²) in [4.78, 5) is 24.7. The zero-order chi connectivity index (χ0) is 25.5. The Bertz CT molecular complexity index is 1250. The third-order valence-electron chi connectivity index (χ3n) is 6.16. The first-order valence-corrected chi connectivity index (χ1v) is 12.7. The maximum Gasteiger partial charge on any atom is 0.243 e. The molecule has 0 aliphatic heterocycles. The summed E-state index contributed by atoms with van der Waals surface area (Å²) >= 11 is 6.29. The summed E-state index contributed by atoms with van der Waals surface area (Å²) in [5.74, 6) is 0.984. The number of nitrogens with two attached hydrogens (primary N) is 1. The fourth-order valence-corrected chi connectivity index (χ4v) is 4.66. The minimum absolute atomic E-state index is 0.0127. The third kappa shape index (κ3) is 6.22. The Balaban J connectivity index is 1.78. The second-order valence-corrected chi connectivity index (χ2v) is 9.70. The molecular weight excluding hydrogens is 472 g/mol. The van der Waals surface area contributed by atoms with Crippen molar-refractivity contribution >= 4 is 17.5 Å². The van der Waals surface area contributed by atoms with Gasteiger partial charge in [-0.25, -0.2) is 9.97 Å². The molecule has 0 radical (unpaired) electrons. The van der Waals surface area contributed by atoms with E-state index >= 15 is 0 Å². The van der Waals surface area contributed by atoms with Crippen molar-refractivity contribution in [2.24, 2.45) is 11.7 Å². The standard InChI is InChI=1S/C28H33ClN6O/c1-21(2)27(35(14-7-12-30)26(36)19-33-15-13-31-20-33)28-32-25(23-10-6-11-24(29)16-23)18-34(28)17-22-8-4-3-5-9-22/h3-6,8-11,13,15-16,18,20-21,27H,7,12,14,17,19,30H2,1-2H3/t27-/m1/s1. The van der Waals surface area contributed by atoms with E-state index in [1.54, 1.807) is 23.3 Å². The van der Waals surface area contributed by atoms with E-state index in [1.165, 1.54) is 0 Å². The van der Waals surface area contributed by atoms with Gasteiger partial charge < -0.3 is 19.8 Å². The van der Waals surface area contributed by atoms with Gasteiger partial charge in [0.05, 0.1) is 18.1 Å². The average molecular weight is 505 g/mol. The second kappa shape index (κ2) is 12.0. The lowest BCUT2D eigenvalue weighted by molar-refractivity contribution is -0.135. The fraction of sp³-hybridized carbons (Fsp3) is 0.321. The molecule has 2 aromatic heterocycles. The van der Waals surface area contributed by atoms with Crippen LogP contribution in [0.5, 0.6) is 0 Å². The number of hydrogen-bond acceptors (Lipinski definition) is 4. The molecule has 0 bridgehead atoms. The predicted octanol–water partition coefficient (Wildman–Crippen LogP) is 5.02. The maximum absolute atomic E-state index is 13.6. The number of imidazole rings is 2. The number of carbonyl (C=O) groups is 1. The van der Waals surface area contributed by atoms with Crippen LogP contribution in [-0.2, 0) is 17.9 Å². The highest BCUT2D eigenvalue weighted by atomic mass is 35.5. The summed E-state index contributed by atoms with van der Waals surface area (Å²) in [5.41, 5.74) is 8.80. The van der Waals surface area contributed by atoms with Gasteiger partial charge in [-0.15, -0.1) is 0 Å². The Morgan fingerprint density at radius 2 is 1.94 bits per heavy atom. The molecular formula is C28H33ClN6O. The van der Waals surface area contributed by atoms with Crippen molar-refractivity contribution in [1.82, 2.24) is 24.0 Å². The molecule has 0 spiro atoms. The van der Waals surface area contributed by atoms with E-state index in [0.717, 1.165) is 22.6 Å². The number of benzene rings is 2. The lowest BCUT2D eigenvalue weighted by atomic mass is 10.0. The van der Waals surface area contributed by atoms with Crippen molar-refractivity contribution in [1.29, 1.82) is 0 Å². The predicted molar refractivity (Wildman–Crippen MR) is 143 cm³/mol.